The molecule has 0 N–H and O–H groups in total. The molecule has 0 aromatic heterocycles. The normalized spacial score (nSPS) is 21.7. The van der Waals surface area contributed by atoms with Crippen LogP contribution < -0.4 is 5.01 Å². The largest absolute Gasteiger partial charge is 0.290 e. The summed E-state index contributed by atoms with van der Waals surface area (Å²) in [5.74, 6) is -0.346. The minimum Gasteiger partial charge on any atom is -0.290 e. The van der Waals surface area contributed by atoms with Crippen molar-refractivity contribution in [3.8, 4) is 0 Å². The van der Waals surface area contributed by atoms with Gasteiger partial charge in [-0.3, -0.25) is 9.59 Å². The van der Waals surface area contributed by atoms with Crippen LogP contribution in [-0.2, 0) is 9.59 Å². The fraction of sp³-hybridized carbons (Fsp3) is 0.136. The molecule has 134 valence electrons. The van der Waals surface area contributed by atoms with Crippen LogP contribution in [0.5, 0.6) is 0 Å². The zero-order chi connectivity index (χ0) is 19.2. The van der Waals surface area contributed by atoms with Gasteiger partial charge in [0, 0.05) is 5.02 Å². The number of nitrogens with zero attached hydrogens (tertiary/aromatic N) is 2. The van der Waals surface area contributed by atoms with Gasteiger partial charge in [-0.25, -0.2) is 0 Å². The van der Waals surface area contributed by atoms with Crippen molar-refractivity contribution in [1.82, 2.24) is 0 Å². The quantitative estimate of drug-likeness (QED) is 0.770. The highest BCUT2D eigenvalue weighted by Crippen LogP contribution is 2.46. The Bertz CT molecular complexity index is 1050. The number of benzene rings is 2. The number of hydrogen-bond donors (Lipinski definition) is 0. The molecule has 1 heterocycles. The molecule has 0 bridgehead atoms. The van der Waals surface area contributed by atoms with Crippen molar-refractivity contribution in [2.75, 3.05) is 5.01 Å². The first-order chi connectivity index (χ1) is 12.9. The van der Waals surface area contributed by atoms with E-state index in [2.05, 4.69) is 5.10 Å². The highest BCUT2D eigenvalue weighted by atomic mass is 35.5. The van der Waals surface area contributed by atoms with Gasteiger partial charge in [-0.2, -0.15) is 10.1 Å². The summed E-state index contributed by atoms with van der Waals surface area (Å²) in [5, 5.41) is 6.50. The Kier molecular flexibility index (Phi) is 4.08. The molecule has 0 fully saturated rings. The molecule has 0 saturated heterocycles. The van der Waals surface area contributed by atoms with Gasteiger partial charge >= 0.3 is 0 Å². The number of halogens is 1. The molecule has 4 nitrogen and oxygen atoms in total. The van der Waals surface area contributed by atoms with Crippen molar-refractivity contribution in [1.29, 1.82) is 0 Å². The molecule has 2 aromatic rings. The number of allylic oxidation sites excluding steroid dienone is 2. The summed E-state index contributed by atoms with van der Waals surface area (Å²) < 4.78 is 0. The summed E-state index contributed by atoms with van der Waals surface area (Å²) in [7, 11) is 0. The lowest BCUT2D eigenvalue weighted by atomic mass is 9.70. The summed E-state index contributed by atoms with van der Waals surface area (Å²) in [6.45, 7) is 3.80. The summed E-state index contributed by atoms with van der Waals surface area (Å²) in [4.78, 5) is 25.7. The maximum absolute atomic E-state index is 13.5. The highest BCUT2D eigenvalue weighted by molar-refractivity contribution is 6.31. The number of ketones is 1. The fourth-order valence-electron chi connectivity index (χ4n) is 3.58. The van der Waals surface area contributed by atoms with Crippen LogP contribution in [-0.4, -0.2) is 17.4 Å². The number of hydrazone groups is 1. The lowest BCUT2D eigenvalue weighted by molar-refractivity contribution is -0.120. The zero-order valence-electron chi connectivity index (χ0n) is 14.9. The number of aryl methyl sites for hydroxylation is 1. The number of hydrogen-bond acceptors (Lipinski definition) is 3. The van der Waals surface area contributed by atoms with E-state index in [0.29, 0.717) is 22.0 Å². The van der Waals surface area contributed by atoms with Gasteiger partial charge in [-0.05, 0) is 61.4 Å². The van der Waals surface area contributed by atoms with Crippen molar-refractivity contribution in [2.45, 2.75) is 13.8 Å². The topological polar surface area (TPSA) is 49.7 Å². The van der Waals surface area contributed by atoms with Gasteiger partial charge in [0.1, 0.15) is 5.41 Å². The van der Waals surface area contributed by atoms with E-state index >= 15 is 0 Å². The molecule has 2 aliphatic rings. The molecule has 1 atom stereocenters. The Labute approximate surface area is 162 Å². The van der Waals surface area contributed by atoms with Crippen molar-refractivity contribution in [3.63, 3.8) is 0 Å². The summed E-state index contributed by atoms with van der Waals surface area (Å²) in [6.07, 6.45) is 4.66. The second kappa shape index (κ2) is 6.32. The van der Waals surface area contributed by atoms with E-state index in [-0.39, 0.29) is 11.7 Å². The molecule has 0 saturated carbocycles. The Morgan fingerprint density at radius 3 is 2.48 bits per heavy atom. The third-order valence-electron chi connectivity index (χ3n) is 4.96. The highest BCUT2D eigenvalue weighted by Gasteiger charge is 2.52. The van der Waals surface area contributed by atoms with Crippen LogP contribution in [0.2, 0.25) is 5.02 Å². The molecule has 1 spiro atoms. The molecule has 1 amide bonds. The van der Waals surface area contributed by atoms with E-state index in [1.807, 2.05) is 38.1 Å². The van der Waals surface area contributed by atoms with E-state index in [4.69, 9.17) is 11.6 Å². The Morgan fingerprint density at radius 2 is 1.78 bits per heavy atom. The maximum Gasteiger partial charge on any atom is 0.267 e. The molecular weight excluding hydrogens is 360 g/mol. The zero-order valence-corrected chi connectivity index (χ0v) is 15.7. The average Bonchev–Trinajstić information content (AvgIpc) is 2.90. The molecule has 0 radical (unpaired) electrons. The van der Waals surface area contributed by atoms with Crippen molar-refractivity contribution in [2.24, 2.45) is 10.5 Å². The minimum atomic E-state index is -1.08. The van der Waals surface area contributed by atoms with Gasteiger partial charge in [0.15, 0.2) is 5.78 Å². The Morgan fingerprint density at radius 1 is 1.04 bits per heavy atom. The van der Waals surface area contributed by atoms with E-state index in [0.717, 1.165) is 11.1 Å². The van der Waals surface area contributed by atoms with Crippen LogP contribution in [0.1, 0.15) is 18.1 Å². The number of carbonyl (C=O) groups excluding carboxylic acids is 2. The van der Waals surface area contributed by atoms with Crippen LogP contribution in [0, 0.1) is 12.3 Å². The summed E-state index contributed by atoms with van der Waals surface area (Å²) >= 11 is 5.96. The molecule has 1 aliphatic carbocycles. The maximum atomic E-state index is 13.5. The first-order valence-electron chi connectivity index (χ1n) is 8.60. The van der Waals surface area contributed by atoms with Crippen LogP contribution >= 0.6 is 11.6 Å². The van der Waals surface area contributed by atoms with Gasteiger partial charge < -0.3 is 0 Å². The van der Waals surface area contributed by atoms with E-state index in [1.165, 1.54) is 17.2 Å². The molecule has 4 rings (SSSR count). The Balaban J connectivity index is 1.85. The van der Waals surface area contributed by atoms with Crippen molar-refractivity contribution >= 4 is 40.3 Å². The van der Waals surface area contributed by atoms with Crippen LogP contribution in [0.3, 0.4) is 0 Å². The molecular formula is C22H17ClN2O2. The van der Waals surface area contributed by atoms with Crippen molar-refractivity contribution in [3.05, 3.63) is 82.9 Å². The third kappa shape index (κ3) is 2.73. The van der Waals surface area contributed by atoms with E-state index in [9.17, 15) is 9.59 Å². The van der Waals surface area contributed by atoms with Crippen LogP contribution in [0.15, 0.2) is 71.9 Å². The second-order valence-electron chi connectivity index (χ2n) is 6.75. The second-order valence-corrected chi connectivity index (χ2v) is 7.19. The Hall–Kier alpha value is -2.98. The van der Waals surface area contributed by atoms with Gasteiger partial charge in [-0.1, -0.05) is 47.5 Å². The average molecular weight is 377 g/mol. The number of carbonyl (C=O) groups is 2. The fourth-order valence-corrected chi connectivity index (χ4v) is 3.71. The van der Waals surface area contributed by atoms with Gasteiger partial charge in [0.05, 0.1) is 11.4 Å². The standard InChI is InChI=1S/C22H17ClN2O2/c1-14-4-3-5-16(12-14)20-13-19(26)10-11-22(20)15(2)24-25(21(22)27)18-8-6-17(23)7-9-18/h3-13H,1-2H3. The minimum absolute atomic E-state index is 0.136. The van der Waals surface area contributed by atoms with E-state index < -0.39 is 5.41 Å². The molecule has 1 aliphatic heterocycles. The molecule has 5 heteroatoms. The van der Waals surface area contributed by atoms with Gasteiger partial charge in [0.25, 0.3) is 5.91 Å². The van der Waals surface area contributed by atoms with Gasteiger partial charge in [0.2, 0.25) is 0 Å². The summed E-state index contributed by atoms with van der Waals surface area (Å²) in [5.41, 5.74) is 2.73. The summed E-state index contributed by atoms with van der Waals surface area (Å²) in [6, 6.07) is 14.7. The van der Waals surface area contributed by atoms with Gasteiger partial charge in [-0.15, -0.1) is 0 Å². The predicted molar refractivity (Wildman–Crippen MR) is 108 cm³/mol. The number of rotatable bonds is 2. The van der Waals surface area contributed by atoms with E-state index in [1.54, 1.807) is 30.3 Å². The number of anilines is 1. The molecule has 2 aromatic carbocycles. The first kappa shape index (κ1) is 17.4. The van der Waals surface area contributed by atoms with Crippen molar-refractivity contribution < 1.29 is 9.59 Å². The smallest absolute Gasteiger partial charge is 0.267 e. The molecule has 27 heavy (non-hydrogen) atoms. The lowest BCUT2D eigenvalue weighted by Crippen LogP contribution is -2.40. The molecule has 1 unspecified atom stereocenters. The SMILES string of the molecule is CC1=NN(c2ccc(Cl)cc2)C(=O)C12C=CC(=O)C=C2c1cccc(C)c1. The van der Waals surface area contributed by atoms with Crippen LogP contribution in [0.25, 0.3) is 5.57 Å². The lowest BCUT2D eigenvalue weighted by Gasteiger charge is -2.30. The van der Waals surface area contributed by atoms with Crippen LogP contribution in [0.4, 0.5) is 5.69 Å². The number of amides is 1. The third-order valence-corrected chi connectivity index (χ3v) is 5.21. The monoisotopic (exact) mass is 376 g/mol. The predicted octanol–water partition coefficient (Wildman–Crippen LogP) is 4.58. The first-order valence-corrected chi connectivity index (χ1v) is 8.98.